The van der Waals surface area contributed by atoms with Crippen LogP contribution in [0.5, 0.6) is 0 Å². The Morgan fingerprint density at radius 3 is 2.58 bits per heavy atom. The molecular weight excluding hydrogens is 390 g/mol. The molecule has 1 aromatic carbocycles. The summed E-state index contributed by atoms with van der Waals surface area (Å²) in [4.78, 5) is 34.2. The molecule has 0 bridgehead atoms. The number of nitrogens with one attached hydrogen (secondary N) is 1. The summed E-state index contributed by atoms with van der Waals surface area (Å²) < 4.78 is 1.89. The van der Waals surface area contributed by atoms with Gasteiger partial charge in [-0.2, -0.15) is 0 Å². The number of benzene rings is 1. The van der Waals surface area contributed by atoms with Crippen LogP contribution in [-0.2, 0) is 11.3 Å². The van der Waals surface area contributed by atoms with Crippen LogP contribution in [-0.4, -0.2) is 53.1 Å². The molecule has 0 radical (unpaired) electrons. The van der Waals surface area contributed by atoms with Gasteiger partial charge in [0.05, 0.1) is 43.6 Å². The van der Waals surface area contributed by atoms with Crippen molar-refractivity contribution >= 4 is 16.8 Å². The quantitative estimate of drug-likeness (QED) is 0.548. The minimum absolute atomic E-state index is 0.0661. The molecule has 0 aliphatic carbocycles. The number of piperazine rings is 1. The van der Waals surface area contributed by atoms with Crippen LogP contribution in [0, 0.1) is 0 Å². The van der Waals surface area contributed by atoms with Gasteiger partial charge in [-0.15, -0.1) is 0 Å². The molecule has 1 fully saturated rings. The van der Waals surface area contributed by atoms with E-state index in [9.17, 15) is 9.59 Å². The molecule has 3 rings (SSSR count). The number of carbonyl (C=O) groups is 1. The van der Waals surface area contributed by atoms with Gasteiger partial charge < -0.3 is 15.5 Å². The maximum atomic E-state index is 13.2. The molecular formula is C24H39N5O2+2. The molecule has 1 aromatic heterocycles. The molecule has 1 atom stereocenters. The fourth-order valence-electron chi connectivity index (χ4n) is 4.72. The maximum Gasteiger partial charge on any atom is 0.261 e. The zero-order chi connectivity index (χ0) is 22.2. The highest BCUT2D eigenvalue weighted by molar-refractivity contribution is 5.77. The lowest BCUT2D eigenvalue weighted by molar-refractivity contribution is -0.936. The summed E-state index contributed by atoms with van der Waals surface area (Å²) in [5.41, 5.74) is 4.71. The Hall–Kier alpha value is -2.25. The number of carbonyl (C=O) groups excluding carboxylic acids is 1. The molecule has 1 aliphatic heterocycles. The van der Waals surface area contributed by atoms with E-state index in [0.717, 1.165) is 76.2 Å². The molecule has 1 aliphatic rings. The van der Waals surface area contributed by atoms with E-state index in [0.29, 0.717) is 18.4 Å². The minimum atomic E-state index is 0.0661. The van der Waals surface area contributed by atoms with Crippen molar-refractivity contribution < 1.29 is 15.4 Å². The lowest BCUT2D eigenvalue weighted by Crippen LogP contribution is -3.15. The Kier molecular flexibility index (Phi) is 8.60. The fourth-order valence-corrected chi connectivity index (χ4v) is 4.72. The number of para-hydroxylation sites is 1. The van der Waals surface area contributed by atoms with Gasteiger partial charge in [0.25, 0.3) is 5.56 Å². The second-order valence-corrected chi connectivity index (χ2v) is 8.61. The van der Waals surface area contributed by atoms with Crippen LogP contribution in [0.4, 0.5) is 0 Å². The van der Waals surface area contributed by atoms with Gasteiger partial charge in [-0.25, -0.2) is 4.98 Å². The number of nitrogens with zero attached hydrogens (tertiary/aromatic N) is 3. The van der Waals surface area contributed by atoms with Gasteiger partial charge in [0.1, 0.15) is 6.04 Å². The number of rotatable bonds is 10. The lowest BCUT2D eigenvalue weighted by Gasteiger charge is -2.36. The average Bonchev–Trinajstić information content (AvgIpc) is 2.80. The van der Waals surface area contributed by atoms with Crippen molar-refractivity contribution in [2.24, 2.45) is 0 Å². The smallest absolute Gasteiger partial charge is 0.261 e. The average molecular weight is 430 g/mol. The molecule has 0 unspecified atom stereocenters. The Bertz CT molecular complexity index is 918. The van der Waals surface area contributed by atoms with E-state index >= 15 is 0 Å². The van der Waals surface area contributed by atoms with Gasteiger partial charge in [-0.1, -0.05) is 26.0 Å². The molecule has 0 saturated carbocycles. The second-order valence-electron chi connectivity index (χ2n) is 8.61. The molecule has 2 heterocycles. The van der Waals surface area contributed by atoms with Crippen molar-refractivity contribution in [1.82, 2.24) is 14.5 Å². The normalized spacial score (nSPS) is 16.0. The monoisotopic (exact) mass is 429 g/mol. The van der Waals surface area contributed by atoms with E-state index in [1.807, 2.05) is 33.7 Å². The van der Waals surface area contributed by atoms with Crippen molar-refractivity contribution in [1.29, 1.82) is 0 Å². The highest BCUT2D eigenvalue weighted by Crippen LogP contribution is 2.16. The first-order valence-corrected chi connectivity index (χ1v) is 12.0. The number of fused-ring (bicyclic) bond motifs is 1. The minimum Gasteiger partial charge on any atom is -0.358 e. The Morgan fingerprint density at radius 1 is 1.16 bits per heavy atom. The van der Waals surface area contributed by atoms with Crippen LogP contribution in [0.3, 0.4) is 0 Å². The van der Waals surface area contributed by atoms with Gasteiger partial charge in [0.2, 0.25) is 5.91 Å². The number of hydrogen-bond donors (Lipinski definition) is 2. The summed E-state index contributed by atoms with van der Waals surface area (Å²) in [5, 5.41) is 0.693. The standard InChI is InChI=1S/C24H37N5O2/c1-3-14-29-23(26-20-11-8-7-10-19(20)24(29)31)21(4-2)27-15-17-28(18-16-27)22(30)12-6-5-9-13-25/h7-8,10-11,21H,3-6,9,12-18,25H2,1-2H3/p+2/t21-/m1/s1. The van der Waals surface area contributed by atoms with E-state index in [2.05, 4.69) is 19.6 Å². The summed E-state index contributed by atoms with van der Waals surface area (Å²) >= 11 is 0. The topological polar surface area (TPSA) is 87.3 Å². The molecule has 2 aromatic rings. The predicted octanol–water partition coefficient (Wildman–Crippen LogP) is 0.787. The second kappa shape index (κ2) is 11.4. The van der Waals surface area contributed by atoms with E-state index < -0.39 is 0 Å². The summed E-state index contributed by atoms with van der Waals surface area (Å²) in [7, 11) is 0. The third-order valence-electron chi connectivity index (χ3n) is 6.45. The lowest BCUT2D eigenvalue weighted by atomic mass is 10.1. The first-order valence-electron chi connectivity index (χ1n) is 12.0. The molecule has 7 nitrogen and oxygen atoms in total. The van der Waals surface area contributed by atoms with Crippen molar-refractivity contribution in [2.45, 2.75) is 65.0 Å². The van der Waals surface area contributed by atoms with Gasteiger partial charge in [0, 0.05) is 19.4 Å². The molecule has 170 valence electrons. The molecule has 1 saturated heterocycles. The van der Waals surface area contributed by atoms with Gasteiger partial charge >= 0.3 is 0 Å². The largest absolute Gasteiger partial charge is 0.358 e. The Labute approximate surface area is 185 Å². The van der Waals surface area contributed by atoms with Crippen LogP contribution < -0.4 is 16.2 Å². The SMILES string of the molecule is CCCn1c([C@@H](CC)[NH+]2CCN(C(=O)CCCCC[NH3+])CC2)nc2ccccc2c1=O. The van der Waals surface area contributed by atoms with Gasteiger partial charge in [0.15, 0.2) is 5.82 Å². The van der Waals surface area contributed by atoms with Crippen LogP contribution >= 0.6 is 0 Å². The van der Waals surface area contributed by atoms with Crippen LogP contribution in [0.15, 0.2) is 29.1 Å². The fraction of sp³-hybridized carbons (Fsp3) is 0.625. The molecule has 31 heavy (non-hydrogen) atoms. The Morgan fingerprint density at radius 2 is 1.90 bits per heavy atom. The van der Waals surface area contributed by atoms with Gasteiger partial charge in [-0.3, -0.25) is 14.2 Å². The first kappa shape index (κ1) is 23.4. The third kappa shape index (κ3) is 5.52. The van der Waals surface area contributed by atoms with E-state index in [-0.39, 0.29) is 17.5 Å². The molecule has 0 spiro atoms. The number of aromatic nitrogens is 2. The first-order chi connectivity index (χ1) is 15.1. The van der Waals surface area contributed by atoms with E-state index in [1.54, 1.807) is 0 Å². The van der Waals surface area contributed by atoms with Gasteiger partial charge in [-0.05, 0) is 37.8 Å². The van der Waals surface area contributed by atoms with Crippen LogP contribution in [0.2, 0.25) is 0 Å². The molecule has 7 heteroatoms. The summed E-state index contributed by atoms with van der Waals surface area (Å²) in [6, 6.07) is 7.81. The summed E-state index contributed by atoms with van der Waals surface area (Å²) in [6.45, 7) is 9.28. The van der Waals surface area contributed by atoms with Crippen molar-refractivity contribution in [3.8, 4) is 0 Å². The number of unbranched alkanes of at least 4 members (excludes halogenated alkanes) is 2. The van der Waals surface area contributed by atoms with E-state index in [1.165, 1.54) is 4.90 Å². The highest BCUT2D eigenvalue weighted by atomic mass is 16.2. The third-order valence-corrected chi connectivity index (χ3v) is 6.45. The molecule has 4 N–H and O–H groups in total. The number of amides is 1. The number of hydrogen-bond acceptors (Lipinski definition) is 3. The summed E-state index contributed by atoms with van der Waals surface area (Å²) in [6.07, 6.45) is 5.61. The zero-order valence-corrected chi connectivity index (χ0v) is 19.2. The molecule has 1 amide bonds. The highest BCUT2D eigenvalue weighted by Gasteiger charge is 2.32. The van der Waals surface area contributed by atoms with Crippen molar-refractivity contribution in [3.05, 3.63) is 40.4 Å². The van der Waals surface area contributed by atoms with Crippen LogP contribution in [0.1, 0.15) is 64.2 Å². The van der Waals surface area contributed by atoms with Crippen LogP contribution in [0.25, 0.3) is 10.9 Å². The Balaban J connectivity index is 1.74. The number of quaternary nitrogens is 2. The van der Waals surface area contributed by atoms with E-state index in [4.69, 9.17) is 4.98 Å². The zero-order valence-electron chi connectivity index (χ0n) is 19.2. The summed E-state index contributed by atoms with van der Waals surface area (Å²) in [5.74, 6) is 1.18. The van der Waals surface area contributed by atoms with Crippen molar-refractivity contribution in [3.63, 3.8) is 0 Å². The van der Waals surface area contributed by atoms with Crippen molar-refractivity contribution in [2.75, 3.05) is 32.7 Å². The maximum absolute atomic E-state index is 13.2. The predicted molar refractivity (Wildman–Crippen MR) is 123 cm³/mol.